The first-order chi connectivity index (χ1) is 10.6. The molecular weight excluding hydrogens is 308 g/mol. The molecule has 0 bridgehead atoms. The van der Waals surface area contributed by atoms with Gasteiger partial charge in [-0.1, -0.05) is 11.6 Å². The van der Waals surface area contributed by atoms with Gasteiger partial charge in [0, 0.05) is 5.02 Å². The van der Waals surface area contributed by atoms with E-state index in [1.165, 1.54) is 33.5 Å². The Balaban J connectivity index is 2.31. The van der Waals surface area contributed by atoms with Gasteiger partial charge in [0.2, 0.25) is 5.75 Å². The van der Waals surface area contributed by atoms with Crippen LogP contribution in [0.15, 0.2) is 36.4 Å². The number of carbonyl (C=O) groups excluding carboxylic acids is 1. The van der Waals surface area contributed by atoms with Crippen LogP contribution in [0.4, 0.5) is 0 Å². The number of halogens is 1. The zero-order valence-electron chi connectivity index (χ0n) is 12.4. The van der Waals surface area contributed by atoms with E-state index in [4.69, 9.17) is 30.5 Å². The molecular formula is C16H15ClO5. The van der Waals surface area contributed by atoms with Crippen molar-refractivity contribution in [2.24, 2.45) is 0 Å². The highest BCUT2D eigenvalue weighted by Gasteiger charge is 2.18. The second-order valence-electron chi connectivity index (χ2n) is 4.26. The second-order valence-corrected chi connectivity index (χ2v) is 4.69. The average Bonchev–Trinajstić information content (AvgIpc) is 2.55. The third-order valence-electron chi connectivity index (χ3n) is 2.92. The van der Waals surface area contributed by atoms with Gasteiger partial charge in [0.05, 0.1) is 26.9 Å². The first kappa shape index (κ1) is 16.0. The molecule has 0 atom stereocenters. The Morgan fingerprint density at radius 2 is 1.45 bits per heavy atom. The Bertz CT molecular complexity index is 642. The van der Waals surface area contributed by atoms with E-state index in [0.29, 0.717) is 28.0 Å². The van der Waals surface area contributed by atoms with Crippen LogP contribution < -0.4 is 18.9 Å². The maximum absolute atomic E-state index is 12.2. The first-order valence-corrected chi connectivity index (χ1v) is 6.74. The quantitative estimate of drug-likeness (QED) is 0.622. The summed E-state index contributed by atoms with van der Waals surface area (Å²) in [4.78, 5) is 12.2. The van der Waals surface area contributed by atoms with Crippen molar-refractivity contribution in [3.8, 4) is 23.0 Å². The molecule has 0 saturated carbocycles. The van der Waals surface area contributed by atoms with Crippen molar-refractivity contribution in [3.05, 3.63) is 47.0 Å². The fourth-order valence-electron chi connectivity index (χ4n) is 1.87. The SMILES string of the molecule is COc1cc(C(=O)Oc2ccc(Cl)cc2)cc(OC)c1OC. The molecule has 0 aliphatic rings. The van der Waals surface area contributed by atoms with Crippen molar-refractivity contribution in [1.82, 2.24) is 0 Å². The van der Waals surface area contributed by atoms with Gasteiger partial charge in [0.25, 0.3) is 0 Å². The Morgan fingerprint density at radius 1 is 0.909 bits per heavy atom. The second kappa shape index (κ2) is 7.04. The van der Waals surface area contributed by atoms with Crippen LogP contribution in [-0.4, -0.2) is 27.3 Å². The first-order valence-electron chi connectivity index (χ1n) is 6.36. The molecule has 0 aliphatic carbocycles. The summed E-state index contributed by atoms with van der Waals surface area (Å²) < 4.78 is 20.9. The summed E-state index contributed by atoms with van der Waals surface area (Å²) in [5.74, 6) is 1.02. The van der Waals surface area contributed by atoms with Gasteiger partial charge in [-0.2, -0.15) is 0 Å². The molecule has 2 rings (SSSR count). The topological polar surface area (TPSA) is 54.0 Å². The molecule has 0 radical (unpaired) electrons. The molecule has 22 heavy (non-hydrogen) atoms. The van der Waals surface area contributed by atoms with Gasteiger partial charge in [0.1, 0.15) is 5.75 Å². The zero-order chi connectivity index (χ0) is 16.1. The molecule has 5 nitrogen and oxygen atoms in total. The molecule has 0 aliphatic heterocycles. The minimum absolute atomic E-state index is 0.282. The third-order valence-corrected chi connectivity index (χ3v) is 3.18. The van der Waals surface area contributed by atoms with E-state index in [1.807, 2.05) is 0 Å². The Kier molecular flexibility index (Phi) is 5.12. The fraction of sp³-hybridized carbons (Fsp3) is 0.188. The largest absolute Gasteiger partial charge is 0.493 e. The lowest BCUT2D eigenvalue weighted by atomic mass is 10.2. The average molecular weight is 323 g/mol. The van der Waals surface area contributed by atoms with Gasteiger partial charge in [-0.05, 0) is 36.4 Å². The van der Waals surface area contributed by atoms with Crippen molar-refractivity contribution in [1.29, 1.82) is 0 Å². The van der Waals surface area contributed by atoms with E-state index >= 15 is 0 Å². The number of esters is 1. The summed E-state index contributed by atoms with van der Waals surface area (Å²) in [5.41, 5.74) is 0.282. The van der Waals surface area contributed by atoms with Crippen molar-refractivity contribution < 1.29 is 23.7 Å². The van der Waals surface area contributed by atoms with E-state index in [0.717, 1.165) is 0 Å². The number of methoxy groups -OCH3 is 3. The minimum Gasteiger partial charge on any atom is -0.493 e. The van der Waals surface area contributed by atoms with Crippen LogP contribution in [0.5, 0.6) is 23.0 Å². The molecule has 6 heteroatoms. The number of rotatable bonds is 5. The molecule has 0 heterocycles. The van der Waals surface area contributed by atoms with Crippen molar-refractivity contribution in [2.45, 2.75) is 0 Å². The van der Waals surface area contributed by atoms with Gasteiger partial charge >= 0.3 is 5.97 Å². The summed E-state index contributed by atoms with van der Waals surface area (Å²) in [6.07, 6.45) is 0. The Morgan fingerprint density at radius 3 is 1.91 bits per heavy atom. The number of ether oxygens (including phenoxy) is 4. The molecule has 2 aromatic rings. The van der Waals surface area contributed by atoms with Crippen LogP contribution in [-0.2, 0) is 0 Å². The maximum Gasteiger partial charge on any atom is 0.343 e. The molecule has 2 aromatic carbocycles. The fourth-order valence-corrected chi connectivity index (χ4v) is 1.99. The molecule has 0 N–H and O–H groups in total. The summed E-state index contributed by atoms with van der Waals surface area (Å²) in [6, 6.07) is 9.55. The van der Waals surface area contributed by atoms with Crippen molar-refractivity contribution in [3.63, 3.8) is 0 Å². The van der Waals surface area contributed by atoms with Crippen LogP contribution in [0.3, 0.4) is 0 Å². The van der Waals surface area contributed by atoms with Gasteiger partial charge in [0.15, 0.2) is 11.5 Å². The highest BCUT2D eigenvalue weighted by Crippen LogP contribution is 2.38. The van der Waals surface area contributed by atoms with E-state index in [-0.39, 0.29) is 5.56 Å². The third kappa shape index (κ3) is 3.43. The Hall–Kier alpha value is -2.40. The number of hydrogen-bond donors (Lipinski definition) is 0. The standard InChI is InChI=1S/C16H15ClO5/c1-19-13-8-10(9-14(20-2)15(13)21-3)16(18)22-12-6-4-11(17)5-7-12/h4-9H,1-3H3. The molecule has 0 spiro atoms. The zero-order valence-corrected chi connectivity index (χ0v) is 13.1. The smallest absolute Gasteiger partial charge is 0.343 e. The molecule has 116 valence electrons. The summed E-state index contributed by atoms with van der Waals surface area (Å²) in [7, 11) is 4.45. The number of benzene rings is 2. The predicted molar refractivity (Wildman–Crippen MR) is 82.5 cm³/mol. The van der Waals surface area contributed by atoms with Crippen molar-refractivity contribution in [2.75, 3.05) is 21.3 Å². The minimum atomic E-state index is -0.540. The van der Waals surface area contributed by atoms with Crippen LogP contribution in [0.2, 0.25) is 5.02 Å². The van der Waals surface area contributed by atoms with Crippen LogP contribution in [0.25, 0.3) is 0 Å². The molecule has 0 amide bonds. The number of hydrogen-bond acceptors (Lipinski definition) is 5. The van der Waals surface area contributed by atoms with Gasteiger partial charge < -0.3 is 18.9 Å². The highest BCUT2D eigenvalue weighted by atomic mass is 35.5. The highest BCUT2D eigenvalue weighted by molar-refractivity contribution is 6.30. The van der Waals surface area contributed by atoms with Crippen molar-refractivity contribution >= 4 is 17.6 Å². The maximum atomic E-state index is 12.2. The summed E-state index contributed by atoms with van der Waals surface area (Å²) in [6.45, 7) is 0. The monoisotopic (exact) mass is 322 g/mol. The molecule has 0 unspecified atom stereocenters. The van der Waals surface area contributed by atoms with Gasteiger partial charge in [-0.25, -0.2) is 4.79 Å². The van der Waals surface area contributed by atoms with Gasteiger partial charge in [-0.15, -0.1) is 0 Å². The molecule has 0 fully saturated rings. The lowest BCUT2D eigenvalue weighted by Gasteiger charge is -2.13. The van der Waals surface area contributed by atoms with Crippen LogP contribution in [0, 0.1) is 0 Å². The van der Waals surface area contributed by atoms with E-state index < -0.39 is 5.97 Å². The summed E-state index contributed by atoms with van der Waals surface area (Å²) >= 11 is 5.79. The molecule has 0 aromatic heterocycles. The Labute approximate surface area is 133 Å². The van der Waals surface area contributed by atoms with E-state index in [1.54, 1.807) is 24.3 Å². The lowest BCUT2D eigenvalue weighted by Crippen LogP contribution is -2.09. The predicted octanol–water partition coefficient (Wildman–Crippen LogP) is 3.59. The van der Waals surface area contributed by atoms with Crippen LogP contribution >= 0.6 is 11.6 Å². The normalized spacial score (nSPS) is 10.0. The van der Waals surface area contributed by atoms with Crippen LogP contribution in [0.1, 0.15) is 10.4 Å². The van der Waals surface area contributed by atoms with E-state index in [9.17, 15) is 4.79 Å². The van der Waals surface area contributed by atoms with Gasteiger partial charge in [-0.3, -0.25) is 0 Å². The van der Waals surface area contributed by atoms with E-state index in [2.05, 4.69) is 0 Å². The lowest BCUT2D eigenvalue weighted by molar-refractivity contribution is 0.0734. The summed E-state index contributed by atoms with van der Waals surface area (Å²) in [5, 5.41) is 0.563. The molecule has 0 saturated heterocycles. The number of carbonyl (C=O) groups is 1.